The highest BCUT2D eigenvalue weighted by molar-refractivity contribution is 6.45. The Hall–Kier alpha value is -0.440. The monoisotopic (exact) mass is 348 g/mol. The van der Waals surface area contributed by atoms with Crippen LogP contribution in [0.25, 0.3) is 0 Å². The second kappa shape index (κ2) is 7.71. The molecule has 1 saturated carbocycles. The van der Waals surface area contributed by atoms with Gasteiger partial charge in [-0.25, -0.2) is 4.79 Å². The minimum absolute atomic E-state index is 0.188. The number of esters is 1. The Balaban J connectivity index is 1.76. The van der Waals surface area contributed by atoms with E-state index in [-0.39, 0.29) is 15.6 Å². The first-order valence-electron chi connectivity index (χ1n) is 7.29. The molecule has 0 radical (unpaired) electrons. The third-order valence-electron chi connectivity index (χ3n) is 3.72. The SMILES string of the molecule is CC(CCCOC(=O)c1cc(Cl)cc(Cl)c1Cl)CC1CC1. The molecule has 5 heteroatoms. The van der Waals surface area contributed by atoms with Gasteiger partial charge in [-0.05, 0) is 43.2 Å². The average molecular weight is 350 g/mol. The van der Waals surface area contributed by atoms with Crippen LogP contribution in [0.2, 0.25) is 15.1 Å². The first-order chi connectivity index (χ1) is 9.97. The van der Waals surface area contributed by atoms with Crippen molar-refractivity contribution in [3.05, 3.63) is 32.8 Å². The van der Waals surface area contributed by atoms with Gasteiger partial charge in [0.05, 0.1) is 22.2 Å². The first-order valence-corrected chi connectivity index (χ1v) is 8.42. The van der Waals surface area contributed by atoms with E-state index in [1.165, 1.54) is 31.4 Å². The average Bonchev–Trinajstić information content (AvgIpc) is 3.22. The van der Waals surface area contributed by atoms with Crippen LogP contribution in [0, 0.1) is 11.8 Å². The van der Waals surface area contributed by atoms with Crippen LogP contribution in [0.4, 0.5) is 0 Å². The van der Waals surface area contributed by atoms with Crippen molar-refractivity contribution in [3.8, 4) is 0 Å². The number of carbonyl (C=O) groups excluding carboxylic acids is 1. The van der Waals surface area contributed by atoms with Gasteiger partial charge in [-0.3, -0.25) is 0 Å². The van der Waals surface area contributed by atoms with E-state index < -0.39 is 5.97 Å². The van der Waals surface area contributed by atoms with Gasteiger partial charge in [-0.2, -0.15) is 0 Å². The number of hydrogen-bond donors (Lipinski definition) is 0. The lowest BCUT2D eigenvalue weighted by molar-refractivity contribution is 0.0493. The Labute approximate surface area is 140 Å². The molecule has 0 N–H and O–H groups in total. The Morgan fingerprint density at radius 2 is 2.05 bits per heavy atom. The molecule has 1 fully saturated rings. The summed E-state index contributed by atoms with van der Waals surface area (Å²) in [5.74, 6) is 1.16. The van der Waals surface area contributed by atoms with Crippen LogP contribution in [-0.4, -0.2) is 12.6 Å². The van der Waals surface area contributed by atoms with Crippen molar-refractivity contribution in [2.75, 3.05) is 6.61 Å². The molecule has 1 aliphatic rings. The quantitative estimate of drug-likeness (QED) is 0.342. The van der Waals surface area contributed by atoms with Crippen LogP contribution in [-0.2, 0) is 4.74 Å². The summed E-state index contributed by atoms with van der Waals surface area (Å²) in [6, 6.07) is 2.98. The van der Waals surface area contributed by atoms with Gasteiger partial charge in [0.1, 0.15) is 0 Å². The van der Waals surface area contributed by atoms with Gasteiger partial charge >= 0.3 is 5.97 Å². The topological polar surface area (TPSA) is 26.3 Å². The predicted octanol–water partition coefficient (Wildman–Crippen LogP) is 6.02. The number of hydrogen-bond acceptors (Lipinski definition) is 2. The van der Waals surface area contributed by atoms with Gasteiger partial charge in [0.25, 0.3) is 0 Å². The maximum Gasteiger partial charge on any atom is 0.339 e. The second-order valence-electron chi connectivity index (χ2n) is 5.81. The Kier molecular flexibility index (Phi) is 6.21. The lowest BCUT2D eigenvalue weighted by atomic mass is 9.99. The molecule has 1 aromatic carbocycles. The van der Waals surface area contributed by atoms with E-state index in [2.05, 4.69) is 6.92 Å². The highest BCUT2D eigenvalue weighted by Gasteiger charge is 2.23. The number of halogens is 3. The summed E-state index contributed by atoms with van der Waals surface area (Å²) in [5, 5.41) is 0.816. The summed E-state index contributed by atoms with van der Waals surface area (Å²) in [7, 11) is 0. The van der Waals surface area contributed by atoms with E-state index in [0.717, 1.165) is 18.8 Å². The van der Waals surface area contributed by atoms with E-state index in [1.807, 2.05) is 0 Å². The van der Waals surface area contributed by atoms with Crippen molar-refractivity contribution >= 4 is 40.8 Å². The molecule has 2 rings (SSSR count). The summed E-state index contributed by atoms with van der Waals surface area (Å²) in [6.45, 7) is 2.65. The molecular formula is C16H19Cl3O2. The summed E-state index contributed by atoms with van der Waals surface area (Å²) >= 11 is 17.8. The zero-order valence-corrected chi connectivity index (χ0v) is 14.3. The number of rotatable bonds is 7. The third-order valence-corrected chi connectivity index (χ3v) is 4.74. The predicted molar refractivity (Wildman–Crippen MR) is 87.5 cm³/mol. The summed E-state index contributed by atoms with van der Waals surface area (Å²) in [5.41, 5.74) is 0.222. The van der Waals surface area contributed by atoms with E-state index in [1.54, 1.807) is 0 Å². The smallest absolute Gasteiger partial charge is 0.339 e. The largest absolute Gasteiger partial charge is 0.462 e. The number of benzene rings is 1. The fourth-order valence-corrected chi connectivity index (χ4v) is 3.10. The van der Waals surface area contributed by atoms with Crippen LogP contribution < -0.4 is 0 Å². The van der Waals surface area contributed by atoms with E-state index in [9.17, 15) is 4.79 Å². The molecule has 0 amide bonds. The van der Waals surface area contributed by atoms with Gasteiger partial charge in [0.15, 0.2) is 0 Å². The van der Waals surface area contributed by atoms with Crippen molar-refractivity contribution in [3.63, 3.8) is 0 Å². The molecule has 1 unspecified atom stereocenters. The molecule has 1 atom stereocenters. The zero-order valence-electron chi connectivity index (χ0n) is 12.0. The Morgan fingerprint density at radius 3 is 2.71 bits per heavy atom. The van der Waals surface area contributed by atoms with Crippen molar-refractivity contribution in [1.29, 1.82) is 0 Å². The normalized spacial score (nSPS) is 15.8. The molecule has 0 spiro atoms. The molecule has 0 heterocycles. The molecule has 21 heavy (non-hydrogen) atoms. The highest BCUT2D eigenvalue weighted by Crippen LogP contribution is 2.36. The zero-order chi connectivity index (χ0) is 15.4. The molecule has 1 aromatic rings. The molecule has 2 nitrogen and oxygen atoms in total. The molecule has 116 valence electrons. The standard InChI is InChI=1S/C16H19Cl3O2/c1-10(7-11-4-5-11)3-2-6-21-16(20)13-8-12(17)9-14(18)15(13)19/h8-11H,2-7H2,1H3. The minimum atomic E-state index is -0.473. The Morgan fingerprint density at radius 1 is 1.33 bits per heavy atom. The summed E-state index contributed by atoms with van der Waals surface area (Å²) < 4.78 is 5.25. The molecule has 1 aliphatic carbocycles. The van der Waals surface area contributed by atoms with Crippen LogP contribution in [0.1, 0.15) is 49.4 Å². The van der Waals surface area contributed by atoms with Crippen molar-refractivity contribution in [2.24, 2.45) is 11.8 Å². The van der Waals surface area contributed by atoms with Crippen molar-refractivity contribution in [1.82, 2.24) is 0 Å². The highest BCUT2D eigenvalue weighted by atomic mass is 35.5. The van der Waals surface area contributed by atoms with Crippen LogP contribution in [0.5, 0.6) is 0 Å². The maximum atomic E-state index is 12.0. The van der Waals surface area contributed by atoms with Crippen LogP contribution >= 0.6 is 34.8 Å². The minimum Gasteiger partial charge on any atom is -0.462 e. The van der Waals surface area contributed by atoms with E-state index in [0.29, 0.717) is 17.5 Å². The lowest BCUT2D eigenvalue weighted by Crippen LogP contribution is -2.08. The van der Waals surface area contributed by atoms with Gasteiger partial charge in [0, 0.05) is 5.02 Å². The van der Waals surface area contributed by atoms with Gasteiger partial charge < -0.3 is 4.74 Å². The third kappa shape index (κ3) is 5.36. The summed E-state index contributed by atoms with van der Waals surface area (Å²) in [6.07, 6.45) is 6.00. The molecule has 0 aromatic heterocycles. The number of carbonyl (C=O) groups is 1. The van der Waals surface area contributed by atoms with E-state index >= 15 is 0 Å². The maximum absolute atomic E-state index is 12.0. The van der Waals surface area contributed by atoms with Crippen LogP contribution in [0.15, 0.2) is 12.1 Å². The fourth-order valence-electron chi connectivity index (χ4n) is 2.42. The van der Waals surface area contributed by atoms with Gasteiger partial charge in [-0.1, -0.05) is 54.6 Å². The number of ether oxygens (including phenoxy) is 1. The Bertz CT molecular complexity index is 512. The molecule has 0 bridgehead atoms. The van der Waals surface area contributed by atoms with Crippen molar-refractivity contribution in [2.45, 2.75) is 39.0 Å². The molecule has 0 aliphatic heterocycles. The summed E-state index contributed by atoms with van der Waals surface area (Å²) in [4.78, 5) is 12.0. The second-order valence-corrected chi connectivity index (χ2v) is 7.03. The van der Waals surface area contributed by atoms with Gasteiger partial charge in [0.2, 0.25) is 0 Å². The first kappa shape index (κ1) is 16.9. The van der Waals surface area contributed by atoms with E-state index in [4.69, 9.17) is 39.5 Å². The van der Waals surface area contributed by atoms with Crippen molar-refractivity contribution < 1.29 is 9.53 Å². The van der Waals surface area contributed by atoms with Gasteiger partial charge in [-0.15, -0.1) is 0 Å². The lowest BCUT2D eigenvalue weighted by Gasteiger charge is -2.11. The fraction of sp³-hybridized carbons (Fsp3) is 0.562. The van der Waals surface area contributed by atoms with Crippen LogP contribution in [0.3, 0.4) is 0 Å². The molecular weight excluding hydrogens is 331 g/mol. The molecule has 0 saturated heterocycles.